The molecule has 0 aliphatic carbocycles. The Morgan fingerprint density at radius 1 is 1.00 bits per heavy atom. The average Bonchev–Trinajstić information content (AvgIpc) is 2.67. The van der Waals surface area contributed by atoms with E-state index in [1.54, 1.807) is 24.3 Å². The Hall–Kier alpha value is -2.82. The first-order valence-corrected chi connectivity index (χ1v) is 9.47. The van der Waals surface area contributed by atoms with Crippen LogP contribution in [0.3, 0.4) is 0 Å². The predicted octanol–water partition coefficient (Wildman–Crippen LogP) is 2.97. The van der Waals surface area contributed by atoms with Crippen molar-refractivity contribution in [2.24, 2.45) is 0 Å². The molecule has 0 aliphatic rings. The van der Waals surface area contributed by atoms with E-state index in [0.29, 0.717) is 19.4 Å². The topological polar surface area (TPSA) is 78.4 Å². The number of carbonyl (C=O) groups is 2. The predicted molar refractivity (Wildman–Crippen MR) is 106 cm³/mol. The summed E-state index contributed by atoms with van der Waals surface area (Å²) >= 11 is 0. The molecule has 0 spiro atoms. The molecule has 5 nitrogen and oxygen atoms in total. The molecule has 0 radical (unpaired) electrons. The summed E-state index contributed by atoms with van der Waals surface area (Å²) in [4.78, 5) is 24.6. The summed E-state index contributed by atoms with van der Waals surface area (Å²) in [5.74, 6) is -0.128. The van der Waals surface area contributed by atoms with E-state index >= 15 is 0 Å². The molecule has 3 N–H and O–H groups in total. The van der Waals surface area contributed by atoms with E-state index in [4.69, 9.17) is 0 Å². The summed E-state index contributed by atoms with van der Waals surface area (Å²) in [6.07, 6.45) is 3.25. The SMILES string of the molecule is CCCC(=O)N[C@@H](Cc1ccc(O)cc1)C(=O)NCCCc1ccccc1. The zero-order chi connectivity index (χ0) is 19.5. The molecule has 2 rings (SSSR count). The van der Waals surface area contributed by atoms with Crippen LogP contribution in [-0.2, 0) is 22.4 Å². The van der Waals surface area contributed by atoms with Crippen molar-refractivity contribution in [3.8, 4) is 5.75 Å². The van der Waals surface area contributed by atoms with Gasteiger partial charge < -0.3 is 15.7 Å². The van der Waals surface area contributed by atoms with Crippen molar-refractivity contribution >= 4 is 11.8 Å². The standard InChI is InChI=1S/C22H28N2O3/c1-2-7-21(26)24-20(16-18-11-13-19(25)14-12-18)22(27)23-15-6-10-17-8-4-3-5-9-17/h3-5,8-9,11-14,20,25H,2,6-7,10,15-16H2,1H3,(H,23,27)(H,24,26)/t20-/m0/s1. The van der Waals surface area contributed by atoms with E-state index in [9.17, 15) is 14.7 Å². The number of hydrogen-bond acceptors (Lipinski definition) is 3. The van der Waals surface area contributed by atoms with Crippen LogP contribution in [0.5, 0.6) is 5.75 Å². The maximum atomic E-state index is 12.6. The van der Waals surface area contributed by atoms with Crippen LogP contribution in [0.4, 0.5) is 0 Å². The number of hydrogen-bond donors (Lipinski definition) is 3. The van der Waals surface area contributed by atoms with Gasteiger partial charge in [-0.1, -0.05) is 49.4 Å². The fourth-order valence-corrected chi connectivity index (χ4v) is 2.84. The summed E-state index contributed by atoms with van der Waals surface area (Å²) < 4.78 is 0. The van der Waals surface area contributed by atoms with Gasteiger partial charge in [-0.2, -0.15) is 0 Å². The Labute approximate surface area is 160 Å². The molecule has 1 atom stereocenters. The summed E-state index contributed by atoms with van der Waals surface area (Å²) in [6.45, 7) is 2.49. The smallest absolute Gasteiger partial charge is 0.242 e. The average molecular weight is 368 g/mol. The first-order valence-electron chi connectivity index (χ1n) is 9.47. The van der Waals surface area contributed by atoms with Gasteiger partial charge in [0.25, 0.3) is 0 Å². The highest BCUT2D eigenvalue weighted by Crippen LogP contribution is 2.12. The number of benzene rings is 2. The number of carbonyl (C=O) groups excluding carboxylic acids is 2. The van der Waals surface area contributed by atoms with Crippen LogP contribution < -0.4 is 10.6 Å². The van der Waals surface area contributed by atoms with Gasteiger partial charge in [0.2, 0.25) is 11.8 Å². The van der Waals surface area contributed by atoms with Gasteiger partial charge in [-0.3, -0.25) is 9.59 Å². The zero-order valence-corrected chi connectivity index (χ0v) is 15.8. The van der Waals surface area contributed by atoms with Crippen molar-refractivity contribution in [1.29, 1.82) is 0 Å². The molecule has 2 aromatic carbocycles. The van der Waals surface area contributed by atoms with Gasteiger partial charge in [0.15, 0.2) is 0 Å². The Morgan fingerprint density at radius 2 is 1.70 bits per heavy atom. The van der Waals surface area contributed by atoms with Crippen molar-refractivity contribution in [3.05, 3.63) is 65.7 Å². The Bertz CT molecular complexity index is 714. The summed E-state index contributed by atoms with van der Waals surface area (Å²) in [5, 5.41) is 15.2. The van der Waals surface area contributed by atoms with Gasteiger partial charge in [0.05, 0.1) is 0 Å². The normalized spacial score (nSPS) is 11.6. The van der Waals surface area contributed by atoms with Crippen LogP contribution in [0.1, 0.15) is 37.3 Å². The lowest BCUT2D eigenvalue weighted by Gasteiger charge is -2.19. The monoisotopic (exact) mass is 368 g/mol. The zero-order valence-electron chi connectivity index (χ0n) is 15.8. The molecule has 0 fully saturated rings. The van der Waals surface area contributed by atoms with E-state index < -0.39 is 6.04 Å². The van der Waals surface area contributed by atoms with Crippen molar-refractivity contribution in [3.63, 3.8) is 0 Å². The first kappa shape index (κ1) is 20.5. The van der Waals surface area contributed by atoms with Gasteiger partial charge in [-0.05, 0) is 42.5 Å². The Morgan fingerprint density at radius 3 is 2.37 bits per heavy atom. The van der Waals surface area contributed by atoms with Gasteiger partial charge in [0, 0.05) is 19.4 Å². The maximum Gasteiger partial charge on any atom is 0.242 e. The summed E-state index contributed by atoms with van der Waals surface area (Å²) in [5.41, 5.74) is 2.12. The minimum Gasteiger partial charge on any atom is -0.508 e. The van der Waals surface area contributed by atoms with Crippen molar-refractivity contribution in [1.82, 2.24) is 10.6 Å². The third-order valence-electron chi connectivity index (χ3n) is 4.29. The number of aryl methyl sites for hydroxylation is 1. The van der Waals surface area contributed by atoms with Crippen LogP contribution in [0.15, 0.2) is 54.6 Å². The molecule has 0 saturated heterocycles. The minimum atomic E-state index is -0.620. The van der Waals surface area contributed by atoms with Crippen LogP contribution >= 0.6 is 0 Å². The molecule has 27 heavy (non-hydrogen) atoms. The lowest BCUT2D eigenvalue weighted by molar-refractivity contribution is -0.129. The van der Waals surface area contributed by atoms with Crippen LogP contribution in [0.25, 0.3) is 0 Å². The number of phenolic OH excluding ortho intramolecular Hbond substituents is 1. The molecule has 0 unspecified atom stereocenters. The largest absolute Gasteiger partial charge is 0.508 e. The van der Waals surface area contributed by atoms with E-state index in [2.05, 4.69) is 22.8 Å². The molecule has 0 saturated carbocycles. The fourth-order valence-electron chi connectivity index (χ4n) is 2.84. The molecular weight excluding hydrogens is 340 g/mol. The number of phenols is 1. The van der Waals surface area contributed by atoms with E-state index in [1.807, 2.05) is 25.1 Å². The molecular formula is C22H28N2O3. The lowest BCUT2D eigenvalue weighted by atomic mass is 10.0. The molecule has 144 valence electrons. The van der Waals surface area contributed by atoms with Gasteiger partial charge in [-0.15, -0.1) is 0 Å². The third-order valence-corrected chi connectivity index (χ3v) is 4.29. The van der Waals surface area contributed by atoms with E-state index in [0.717, 1.165) is 24.8 Å². The van der Waals surface area contributed by atoms with Gasteiger partial charge in [-0.25, -0.2) is 0 Å². The van der Waals surface area contributed by atoms with Crippen LogP contribution in [-0.4, -0.2) is 29.5 Å². The highest BCUT2D eigenvalue weighted by atomic mass is 16.3. The highest BCUT2D eigenvalue weighted by molar-refractivity contribution is 5.87. The molecule has 2 amide bonds. The second-order valence-corrected chi connectivity index (χ2v) is 6.62. The van der Waals surface area contributed by atoms with Crippen LogP contribution in [0.2, 0.25) is 0 Å². The number of nitrogens with one attached hydrogen (secondary N) is 2. The molecule has 0 bridgehead atoms. The van der Waals surface area contributed by atoms with Crippen LogP contribution in [0, 0.1) is 0 Å². The molecule has 0 aromatic heterocycles. The quantitative estimate of drug-likeness (QED) is 0.564. The maximum absolute atomic E-state index is 12.6. The third kappa shape index (κ3) is 7.52. The molecule has 5 heteroatoms. The van der Waals surface area contributed by atoms with Gasteiger partial charge in [0.1, 0.15) is 11.8 Å². The fraction of sp³-hybridized carbons (Fsp3) is 0.364. The Balaban J connectivity index is 1.89. The van der Waals surface area contributed by atoms with Gasteiger partial charge >= 0.3 is 0 Å². The molecule has 2 aromatic rings. The first-order chi connectivity index (χ1) is 13.1. The molecule has 0 aliphatic heterocycles. The second kappa shape index (κ2) is 11.0. The summed E-state index contributed by atoms with van der Waals surface area (Å²) in [6, 6.07) is 16.2. The Kier molecular flexibility index (Phi) is 8.36. The van der Waals surface area contributed by atoms with Crippen molar-refractivity contribution in [2.75, 3.05) is 6.54 Å². The van der Waals surface area contributed by atoms with Crippen molar-refractivity contribution < 1.29 is 14.7 Å². The van der Waals surface area contributed by atoms with E-state index in [1.165, 1.54) is 5.56 Å². The summed E-state index contributed by atoms with van der Waals surface area (Å²) in [7, 11) is 0. The number of amides is 2. The van der Waals surface area contributed by atoms with E-state index in [-0.39, 0.29) is 17.6 Å². The minimum absolute atomic E-state index is 0.124. The number of rotatable bonds is 10. The molecule has 0 heterocycles. The number of aromatic hydroxyl groups is 1. The second-order valence-electron chi connectivity index (χ2n) is 6.62. The van der Waals surface area contributed by atoms with Crippen molar-refractivity contribution in [2.45, 2.75) is 45.1 Å². The highest BCUT2D eigenvalue weighted by Gasteiger charge is 2.20. The lowest BCUT2D eigenvalue weighted by Crippen LogP contribution is -2.48.